The van der Waals surface area contributed by atoms with Gasteiger partial charge in [-0.1, -0.05) is 0 Å². The fourth-order valence-electron chi connectivity index (χ4n) is 1.20. The van der Waals surface area contributed by atoms with Crippen LogP contribution in [-0.2, 0) is 4.74 Å². The van der Waals surface area contributed by atoms with E-state index >= 15 is 0 Å². The first-order valence-corrected chi connectivity index (χ1v) is 4.69. The molecule has 1 atom stereocenters. The van der Waals surface area contributed by atoms with Crippen LogP contribution in [0.3, 0.4) is 0 Å². The summed E-state index contributed by atoms with van der Waals surface area (Å²) in [6.45, 7) is 2.59. The van der Waals surface area contributed by atoms with Crippen molar-refractivity contribution in [2.75, 3.05) is 26.1 Å². The molecule has 1 aromatic carbocycles. The molecule has 0 aliphatic heterocycles. The molecule has 1 aromatic rings. The van der Waals surface area contributed by atoms with Crippen LogP contribution in [0.15, 0.2) is 24.3 Å². The third-order valence-corrected chi connectivity index (χ3v) is 1.88. The third kappa shape index (κ3) is 3.26. The average molecular weight is 195 g/mol. The van der Waals surface area contributed by atoms with Crippen molar-refractivity contribution in [2.24, 2.45) is 0 Å². The Morgan fingerprint density at radius 3 is 2.43 bits per heavy atom. The lowest BCUT2D eigenvalue weighted by Gasteiger charge is -2.13. The molecule has 0 spiro atoms. The highest BCUT2D eigenvalue weighted by atomic mass is 16.5. The van der Waals surface area contributed by atoms with E-state index in [0.29, 0.717) is 6.61 Å². The lowest BCUT2D eigenvalue weighted by Crippen LogP contribution is -2.17. The molecule has 1 unspecified atom stereocenters. The number of hydrogen-bond acceptors (Lipinski definition) is 3. The van der Waals surface area contributed by atoms with Crippen molar-refractivity contribution in [1.29, 1.82) is 0 Å². The van der Waals surface area contributed by atoms with Crippen LogP contribution in [0.25, 0.3) is 0 Å². The fourth-order valence-corrected chi connectivity index (χ4v) is 1.20. The number of benzene rings is 1. The zero-order valence-electron chi connectivity index (χ0n) is 8.91. The average Bonchev–Trinajstić information content (AvgIpc) is 2.19. The van der Waals surface area contributed by atoms with Gasteiger partial charge >= 0.3 is 0 Å². The second-order valence-corrected chi connectivity index (χ2v) is 3.16. The Hall–Kier alpha value is -1.22. The van der Waals surface area contributed by atoms with E-state index in [0.717, 1.165) is 11.4 Å². The molecule has 78 valence electrons. The van der Waals surface area contributed by atoms with Gasteiger partial charge in [-0.25, -0.2) is 0 Å². The van der Waals surface area contributed by atoms with Crippen LogP contribution in [0.1, 0.15) is 6.92 Å². The molecule has 0 bridgehead atoms. The first-order chi connectivity index (χ1) is 6.76. The van der Waals surface area contributed by atoms with Gasteiger partial charge in [-0.2, -0.15) is 0 Å². The minimum Gasteiger partial charge on any atom is -0.488 e. The van der Waals surface area contributed by atoms with Gasteiger partial charge in [0, 0.05) is 19.8 Å². The quantitative estimate of drug-likeness (QED) is 0.780. The zero-order valence-corrected chi connectivity index (χ0v) is 8.91. The second kappa shape index (κ2) is 5.50. The molecule has 0 saturated heterocycles. The maximum absolute atomic E-state index is 5.60. The first-order valence-electron chi connectivity index (χ1n) is 4.69. The predicted molar refractivity (Wildman–Crippen MR) is 58.0 cm³/mol. The second-order valence-electron chi connectivity index (χ2n) is 3.16. The molecule has 0 radical (unpaired) electrons. The van der Waals surface area contributed by atoms with Gasteiger partial charge in [-0.15, -0.1) is 0 Å². The van der Waals surface area contributed by atoms with Gasteiger partial charge in [0.15, 0.2) is 0 Å². The molecule has 0 amide bonds. The Morgan fingerprint density at radius 1 is 1.29 bits per heavy atom. The largest absolute Gasteiger partial charge is 0.488 e. The van der Waals surface area contributed by atoms with Crippen LogP contribution >= 0.6 is 0 Å². The molecule has 0 aliphatic rings. The number of rotatable bonds is 5. The maximum atomic E-state index is 5.60. The number of methoxy groups -OCH3 is 1. The van der Waals surface area contributed by atoms with E-state index in [1.165, 1.54) is 0 Å². The summed E-state index contributed by atoms with van der Waals surface area (Å²) in [4.78, 5) is 0. The van der Waals surface area contributed by atoms with E-state index in [1.54, 1.807) is 7.11 Å². The molecule has 14 heavy (non-hydrogen) atoms. The van der Waals surface area contributed by atoms with Gasteiger partial charge in [0.05, 0.1) is 6.61 Å². The van der Waals surface area contributed by atoms with Crippen LogP contribution in [-0.4, -0.2) is 26.9 Å². The Labute approximate surface area is 85.0 Å². The van der Waals surface area contributed by atoms with Crippen molar-refractivity contribution in [1.82, 2.24) is 0 Å². The number of ether oxygens (including phenoxy) is 2. The van der Waals surface area contributed by atoms with E-state index in [4.69, 9.17) is 9.47 Å². The van der Waals surface area contributed by atoms with E-state index in [9.17, 15) is 0 Å². The lowest BCUT2D eigenvalue weighted by atomic mass is 10.3. The maximum Gasteiger partial charge on any atom is 0.119 e. The van der Waals surface area contributed by atoms with Gasteiger partial charge in [-0.3, -0.25) is 0 Å². The van der Waals surface area contributed by atoms with Gasteiger partial charge in [0.25, 0.3) is 0 Å². The van der Waals surface area contributed by atoms with E-state index in [1.807, 2.05) is 38.2 Å². The third-order valence-electron chi connectivity index (χ3n) is 1.88. The van der Waals surface area contributed by atoms with Gasteiger partial charge in [0.2, 0.25) is 0 Å². The van der Waals surface area contributed by atoms with Crippen LogP contribution in [0.2, 0.25) is 0 Å². The van der Waals surface area contributed by atoms with Crippen molar-refractivity contribution in [3.63, 3.8) is 0 Å². The first kappa shape index (κ1) is 10.9. The Bertz CT molecular complexity index is 258. The lowest BCUT2D eigenvalue weighted by molar-refractivity contribution is 0.0921. The molecule has 0 aromatic heterocycles. The highest BCUT2D eigenvalue weighted by molar-refractivity contribution is 5.45. The minimum atomic E-state index is 0.0837. The predicted octanol–water partition coefficient (Wildman–Crippen LogP) is 2.14. The van der Waals surface area contributed by atoms with Crippen LogP contribution < -0.4 is 10.1 Å². The van der Waals surface area contributed by atoms with E-state index in [2.05, 4.69) is 5.32 Å². The molecule has 0 fully saturated rings. The summed E-state index contributed by atoms with van der Waals surface area (Å²) in [5, 5.41) is 3.05. The van der Waals surface area contributed by atoms with Gasteiger partial charge in [-0.05, 0) is 31.2 Å². The highest BCUT2D eigenvalue weighted by Gasteiger charge is 2.02. The molecule has 3 heteroatoms. The number of hydrogen-bond donors (Lipinski definition) is 1. The Balaban J connectivity index is 2.50. The fraction of sp³-hybridized carbons (Fsp3) is 0.455. The topological polar surface area (TPSA) is 30.5 Å². The molecule has 1 N–H and O–H groups in total. The molecule has 3 nitrogen and oxygen atoms in total. The summed E-state index contributed by atoms with van der Waals surface area (Å²) in [5.74, 6) is 0.869. The van der Waals surface area contributed by atoms with Crippen molar-refractivity contribution >= 4 is 5.69 Å². The zero-order chi connectivity index (χ0) is 10.4. The molecule has 0 aliphatic carbocycles. The van der Waals surface area contributed by atoms with E-state index in [-0.39, 0.29) is 6.10 Å². The van der Waals surface area contributed by atoms with Crippen molar-refractivity contribution < 1.29 is 9.47 Å². The molecular weight excluding hydrogens is 178 g/mol. The van der Waals surface area contributed by atoms with Gasteiger partial charge in [0.1, 0.15) is 11.9 Å². The smallest absolute Gasteiger partial charge is 0.119 e. The SMILES string of the molecule is CNc1ccc(OC(C)COC)cc1. The van der Waals surface area contributed by atoms with Crippen molar-refractivity contribution in [2.45, 2.75) is 13.0 Å². The summed E-state index contributed by atoms with van der Waals surface area (Å²) in [6, 6.07) is 7.85. The normalized spacial score (nSPS) is 12.2. The van der Waals surface area contributed by atoms with E-state index < -0.39 is 0 Å². The van der Waals surface area contributed by atoms with Crippen LogP contribution in [0, 0.1) is 0 Å². The van der Waals surface area contributed by atoms with Gasteiger partial charge < -0.3 is 14.8 Å². The summed E-state index contributed by atoms with van der Waals surface area (Å²) < 4.78 is 10.6. The van der Waals surface area contributed by atoms with Crippen molar-refractivity contribution in [3.8, 4) is 5.75 Å². The number of anilines is 1. The molecule has 1 rings (SSSR count). The summed E-state index contributed by atoms with van der Waals surface area (Å²) in [7, 11) is 3.56. The van der Waals surface area contributed by atoms with Crippen LogP contribution in [0.4, 0.5) is 5.69 Å². The summed E-state index contributed by atoms with van der Waals surface area (Å²) >= 11 is 0. The minimum absolute atomic E-state index is 0.0837. The Morgan fingerprint density at radius 2 is 1.93 bits per heavy atom. The molecular formula is C11H17NO2. The Kier molecular flexibility index (Phi) is 4.26. The summed E-state index contributed by atoms with van der Waals surface area (Å²) in [5.41, 5.74) is 1.08. The highest BCUT2D eigenvalue weighted by Crippen LogP contribution is 2.16. The number of nitrogens with one attached hydrogen (secondary N) is 1. The summed E-state index contributed by atoms with van der Waals surface area (Å²) in [6.07, 6.45) is 0.0837. The van der Waals surface area contributed by atoms with Crippen LogP contribution in [0.5, 0.6) is 5.75 Å². The molecule has 0 heterocycles. The molecule has 0 saturated carbocycles. The monoisotopic (exact) mass is 195 g/mol. The standard InChI is InChI=1S/C11H17NO2/c1-9(8-13-3)14-11-6-4-10(12-2)5-7-11/h4-7,9,12H,8H2,1-3H3. The van der Waals surface area contributed by atoms with Crippen molar-refractivity contribution in [3.05, 3.63) is 24.3 Å².